The normalized spacial score (nSPS) is 11.1. The molecule has 0 aliphatic carbocycles. The molecule has 3 N–H and O–H groups in total. The van der Waals surface area contributed by atoms with Crippen LogP contribution < -0.4 is 20.5 Å². The Kier molecular flexibility index (Phi) is 6.49. The fourth-order valence-electron chi connectivity index (χ4n) is 2.24. The summed E-state index contributed by atoms with van der Waals surface area (Å²) in [6.45, 7) is 6.76. The summed E-state index contributed by atoms with van der Waals surface area (Å²) in [6, 6.07) is 5.35. The summed E-state index contributed by atoms with van der Waals surface area (Å²) in [7, 11) is 1.58. The number of benzene rings is 1. The molecular formula is C16H26N2O3. The molecule has 1 aromatic rings. The first-order valence-electron chi connectivity index (χ1n) is 7.39. The van der Waals surface area contributed by atoms with Crippen molar-refractivity contribution in [1.82, 2.24) is 0 Å². The van der Waals surface area contributed by atoms with Crippen molar-refractivity contribution in [3.8, 4) is 11.5 Å². The summed E-state index contributed by atoms with van der Waals surface area (Å²) in [5.74, 6) is 1.20. The maximum absolute atomic E-state index is 12.5. The number of anilines is 1. The Morgan fingerprint density at radius 2 is 1.90 bits per heavy atom. The van der Waals surface area contributed by atoms with Crippen LogP contribution >= 0.6 is 0 Å². The number of rotatable bonds is 8. The van der Waals surface area contributed by atoms with Crippen LogP contribution in [0.5, 0.6) is 11.5 Å². The summed E-state index contributed by atoms with van der Waals surface area (Å²) < 4.78 is 10.7. The van der Waals surface area contributed by atoms with Crippen LogP contribution in [0.1, 0.15) is 33.6 Å². The third kappa shape index (κ3) is 3.88. The molecule has 0 saturated carbocycles. The Hall–Kier alpha value is -1.75. The lowest BCUT2D eigenvalue weighted by atomic mass is 9.81. The molecular weight excluding hydrogens is 268 g/mol. The average molecular weight is 294 g/mol. The van der Waals surface area contributed by atoms with Gasteiger partial charge < -0.3 is 20.5 Å². The lowest BCUT2D eigenvalue weighted by molar-refractivity contribution is -0.125. The zero-order chi connectivity index (χ0) is 15.9. The minimum Gasteiger partial charge on any atom is -0.493 e. The highest BCUT2D eigenvalue weighted by molar-refractivity contribution is 5.95. The molecule has 5 heteroatoms. The van der Waals surface area contributed by atoms with E-state index in [1.54, 1.807) is 25.3 Å². The standard InChI is InChI=1S/C16H26N2O3/c1-5-16(6-2,11-17)15(19)18-12-8-9-13(21-7-3)14(10-12)20-4/h8-10H,5-7,11,17H2,1-4H3,(H,18,19). The quantitative estimate of drug-likeness (QED) is 0.773. The highest BCUT2D eigenvalue weighted by Gasteiger charge is 2.33. The number of hydrogen-bond donors (Lipinski definition) is 2. The van der Waals surface area contributed by atoms with Gasteiger partial charge in [-0.15, -0.1) is 0 Å². The van der Waals surface area contributed by atoms with Gasteiger partial charge in [0.2, 0.25) is 5.91 Å². The predicted octanol–water partition coefficient (Wildman–Crippen LogP) is 2.80. The smallest absolute Gasteiger partial charge is 0.231 e. The average Bonchev–Trinajstić information content (AvgIpc) is 2.51. The van der Waals surface area contributed by atoms with Crippen molar-refractivity contribution >= 4 is 11.6 Å². The number of carbonyl (C=O) groups is 1. The second-order valence-electron chi connectivity index (χ2n) is 4.94. The molecule has 1 rings (SSSR count). The number of carbonyl (C=O) groups excluding carboxylic acids is 1. The first-order valence-corrected chi connectivity index (χ1v) is 7.39. The maximum atomic E-state index is 12.5. The van der Waals surface area contributed by atoms with Gasteiger partial charge in [-0.25, -0.2) is 0 Å². The van der Waals surface area contributed by atoms with Crippen molar-refractivity contribution in [2.45, 2.75) is 33.6 Å². The molecule has 0 saturated heterocycles. The van der Waals surface area contributed by atoms with Gasteiger partial charge in [0.1, 0.15) is 0 Å². The molecule has 0 aliphatic heterocycles. The van der Waals surface area contributed by atoms with Gasteiger partial charge in [-0.3, -0.25) is 4.79 Å². The van der Waals surface area contributed by atoms with Crippen LogP contribution in [0, 0.1) is 5.41 Å². The predicted molar refractivity (Wildman–Crippen MR) is 84.9 cm³/mol. The fourth-order valence-corrected chi connectivity index (χ4v) is 2.24. The highest BCUT2D eigenvalue weighted by atomic mass is 16.5. The summed E-state index contributed by atoms with van der Waals surface area (Å²) in [5, 5.41) is 2.93. The molecule has 0 fully saturated rings. The summed E-state index contributed by atoms with van der Waals surface area (Å²) in [6.07, 6.45) is 1.42. The Labute approximate surface area is 126 Å². The van der Waals surface area contributed by atoms with Crippen LogP contribution in [-0.4, -0.2) is 26.2 Å². The molecule has 5 nitrogen and oxygen atoms in total. The van der Waals surface area contributed by atoms with Crippen LogP contribution in [0.2, 0.25) is 0 Å². The molecule has 118 valence electrons. The Balaban J connectivity index is 2.95. The molecule has 0 radical (unpaired) electrons. The van der Waals surface area contributed by atoms with Crippen LogP contribution in [0.15, 0.2) is 18.2 Å². The molecule has 0 bridgehead atoms. The van der Waals surface area contributed by atoms with Gasteiger partial charge in [0.25, 0.3) is 0 Å². The molecule has 0 heterocycles. The van der Waals surface area contributed by atoms with Gasteiger partial charge >= 0.3 is 0 Å². The van der Waals surface area contributed by atoms with Gasteiger partial charge in [0.15, 0.2) is 11.5 Å². The third-order valence-electron chi connectivity index (χ3n) is 3.95. The molecule has 0 atom stereocenters. The van der Waals surface area contributed by atoms with Crippen molar-refractivity contribution in [1.29, 1.82) is 0 Å². The van der Waals surface area contributed by atoms with Crippen LogP contribution in [-0.2, 0) is 4.79 Å². The monoisotopic (exact) mass is 294 g/mol. The fraction of sp³-hybridized carbons (Fsp3) is 0.562. The van der Waals surface area contributed by atoms with E-state index in [1.807, 2.05) is 20.8 Å². The van der Waals surface area contributed by atoms with Crippen molar-refractivity contribution in [3.63, 3.8) is 0 Å². The minimum atomic E-state index is -0.522. The molecule has 0 spiro atoms. The third-order valence-corrected chi connectivity index (χ3v) is 3.95. The number of hydrogen-bond acceptors (Lipinski definition) is 4. The zero-order valence-corrected chi connectivity index (χ0v) is 13.4. The second kappa shape index (κ2) is 7.88. The number of ether oxygens (including phenoxy) is 2. The van der Waals surface area contributed by atoms with Crippen LogP contribution in [0.25, 0.3) is 0 Å². The summed E-state index contributed by atoms with van der Waals surface area (Å²) in [4.78, 5) is 12.5. The molecule has 1 amide bonds. The van der Waals surface area contributed by atoms with Gasteiger partial charge in [-0.05, 0) is 31.9 Å². The summed E-state index contributed by atoms with van der Waals surface area (Å²) >= 11 is 0. The molecule has 1 aromatic carbocycles. The van der Waals surface area contributed by atoms with Gasteiger partial charge in [-0.2, -0.15) is 0 Å². The van der Waals surface area contributed by atoms with Crippen molar-refractivity contribution in [2.24, 2.45) is 11.1 Å². The van der Waals surface area contributed by atoms with E-state index in [-0.39, 0.29) is 5.91 Å². The number of nitrogens with two attached hydrogens (primary N) is 1. The van der Waals surface area contributed by atoms with E-state index in [0.717, 1.165) is 0 Å². The zero-order valence-electron chi connectivity index (χ0n) is 13.4. The molecule has 0 unspecified atom stereocenters. The number of amides is 1. The van der Waals surface area contributed by atoms with E-state index in [1.165, 1.54) is 0 Å². The highest BCUT2D eigenvalue weighted by Crippen LogP contribution is 2.32. The topological polar surface area (TPSA) is 73.6 Å². The lowest BCUT2D eigenvalue weighted by Crippen LogP contribution is -2.41. The van der Waals surface area contributed by atoms with E-state index < -0.39 is 5.41 Å². The van der Waals surface area contributed by atoms with E-state index in [0.29, 0.717) is 43.2 Å². The van der Waals surface area contributed by atoms with E-state index in [4.69, 9.17) is 15.2 Å². The van der Waals surface area contributed by atoms with Crippen LogP contribution in [0.3, 0.4) is 0 Å². The van der Waals surface area contributed by atoms with Gasteiger partial charge in [0.05, 0.1) is 19.1 Å². The second-order valence-corrected chi connectivity index (χ2v) is 4.94. The summed E-state index contributed by atoms with van der Waals surface area (Å²) in [5.41, 5.74) is 5.96. The van der Waals surface area contributed by atoms with Gasteiger partial charge in [-0.1, -0.05) is 13.8 Å². The molecule has 0 aromatic heterocycles. The Bertz CT molecular complexity index is 462. The maximum Gasteiger partial charge on any atom is 0.231 e. The largest absolute Gasteiger partial charge is 0.493 e. The first-order chi connectivity index (χ1) is 10.1. The molecule has 0 aliphatic rings. The van der Waals surface area contributed by atoms with E-state index in [2.05, 4.69) is 5.32 Å². The lowest BCUT2D eigenvalue weighted by Gasteiger charge is -2.28. The van der Waals surface area contributed by atoms with Gasteiger partial charge in [0, 0.05) is 18.3 Å². The van der Waals surface area contributed by atoms with Crippen molar-refractivity contribution < 1.29 is 14.3 Å². The van der Waals surface area contributed by atoms with E-state index >= 15 is 0 Å². The molecule has 21 heavy (non-hydrogen) atoms. The van der Waals surface area contributed by atoms with Crippen molar-refractivity contribution in [2.75, 3.05) is 25.6 Å². The van der Waals surface area contributed by atoms with Crippen LogP contribution in [0.4, 0.5) is 5.69 Å². The number of methoxy groups -OCH3 is 1. The number of nitrogens with one attached hydrogen (secondary N) is 1. The van der Waals surface area contributed by atoms with Crippen molar-refractivity contribution in [3.05, 3.63) is 18.2 Å². The Morgan fingerprint density at radius 3 is 2.38 bits per heavy atom. The minimum absolute atomic E-state index is 0.0544. The Morgan fingerprint density at radius 1 is 1.24 bits per heavy atom. The first kappa shape index (κ1) is 17.3. The SMILES string of the molecule is CCOc1ccc(NC(=O)C(CC)(CC)CN)cc1OC. The van der Waals surface area contributed by atoms with E-state index in [9.17, 15) is 4.79 Å².